The molecule has 3 fully saturated rings. The highest BCUT2D eigenvalue weighted by Gasteiger charge is 2.56. The molecule has 0 saturated carbocycles. The predicted molar refractivity (Wildman–Crippen MR) is 71.0 cm³/mol. The number of fused-ring (bicyclic) bond motifs is 2. The van der Waals surface area contributed by atoms with Crippen molar-refractivity contribution in [3.8, 4) is 6.07 Å². The number of nitriles is 1. The monoisotopic (exact) mass is 279 g/mol. The third-order valence-electron chi connectivity index (χ3n) is 4.31. The van der Waals surface area contributed by atoms with E-state index >= 15 is 0 Å². The summed E-state index contributed by atoms with van der Waals surface area (Å²) in [6.07, 6.45) is 0.698. The third kappa shape index (κ3) is 2.05. The number of piperazine rings is 1. The van der Waals surface area contributed by atoms with E-state index in [-0.39, 0.29) is 18.2 Å². The molecule has 0 radical (unpaired) electrons. The lowest BCUT2D eigenvalue weighted by molar-refractivity contribution is -0.121. The summed E-state index contributed by atoms with van der Waals surface area (Å²) in [5.74, 6) is 0. The largest absolute Gasteiger partial charge is 0.444 e. The molecular weight excluding hydrogens is 258 g/mol. The molecule has 0 spiro atoms. The lowest BCUT2D eigenvalue weighted by atomic mass is 9.95. The summed E-state index contributed by atoms with van der Waals surface area (Å²) >= 11 is 0. The summed E-state index contributed by atoms with van der Waals surface area (Å²) in [4.78, 5) is 16.2. The molecule has 0 aromatic rings. The van der Waals surface area contributed by atoms with Crippen molar-refractivity contribution < 1.29 is 14.3 Å². The number of hydrogen-bond acceptors (Lipinski definition) is 5. The molecule has 2 unspecified atom stereocenters. The van der Waals surface area contributed by atoms with Crippen molar-refractivity contribution >= 4 is 6.09 Å². The van der Waals surface area contributed by atoms with Crippen LogP contribution in [-0.2, 0) is 9.47 Å². The smallest absolute Gasteiger partial charge is 0.410 e. The number of carbonyl (C=O) groups is 1. The average Bonchev–Trinajstić information content (AvgIpc) is 2.85. The van der Waals surface area contributed by atoms with Crippen molar-refractivity contribution in [3.05, 3.63) is 0 Å². The van der Waals surface area contributed by atoms with Crippen LogP contribution in [0.1, 0.15) is 27.2 Å². The molecule has 110 valence electrons. The Bertz CT molecular complexity index is 461. The van der Waals surface area contributed by atoms with Gasteiger partial charge in [0.15, 0.2) is 5.54 Å². The molecule has 3 heterocycles. The van der Waals surface area contributed by atoms with Gasteiger partial charge in [-0.25, -0.2) is 4.79 Å². The van der Waals surface area contributed by atoms with E-state index in [1.165, 1.54) is 0 Å². The van der Waals surface area contributed by atoms with Crippen molar-refractivity contribution in [2.45, 2.75) is 50.4 Å². The van der Waals surface area contributed by atoms with E-state index in [1.807, 2.05) is 25.7 Å². The van der Waals surface area contributed by atoms with Gasteiger partial charge < -0.3 is 14.4 Å². The van der Waals surface area contributed by atoms with Gasteiger partial charge in [-0.1, -0.05) is 0 Å². The lowest BCUT2D eigenvalue weighted by Gasteiger charge is -2.47. The minimum Gasteiger partial charge on any atom is -0.444 e. The van der Waals surface area contributed by atoms with Crippen LogP contribution in [0.4, 0.5) is 4.79 Å². The van der Waals surface area contributed by atoms with Crippen molar-refractivity contribution in [1.82, 2.24) is 9.80 Å². The first kappa shape index (κ1) is 13.7. The molecular formula is C14H21N3O3. The van der Waals surface area contributed by atoms with Crippen molar-refractivity contribution in [3.63, 3.8) is 0 Å². The zero-order valence-corrected chi connectivity index (χ0v) is 12.3. The number of hydrogen-bond donors (Lipinski definition) is 0. The maximum atomic E-state index is 12.2. The Kier molecular flexibility index (Phi) is 2.96. The molecule has 0 aromatic carbocycles. The Morgan fingerprint density at radius 2 is 2.05 bits per heavy atom. The second-order valence-corrected chi connectivity index (χ2v) is 6.96. The van der Waals surface area contributed by atoms with Crippen molar-refractivity contribution in [2.75, 3.05) is 26.3 Å². The van der Waals surface area contributed by atoms with Gasteiger partial charge in [0.25, 0.3) is 0 Å². The number of ether oxygens (including phenoxy) is 2. The van der Waals surface area contributed by atoms with Gasteiger partial charge in [-0.3, -0.25) is 4.90 Å². The van der Waals surface area contributed by atoms with Crippen molar-refractivity contribution in [1.29, 1.82) is 5.26 Å². The van der Waals surface area contributed by atoms with Crippen LogP contribution in [0, 0.1) is 11.3 Å². The zero-order valence-electron chi connectivity index (χ0n) is 12.3. The summed E-state index contributed by atoms with van der Waals surface area (Å²) in [6, 6.07) is 2.82. The van der Waals surface area contributed by atoms with Gasteiger partial charge in [0.2, 0.25) is 0 Å². The molecule has 20 heavy (non-hydrogen) atoms. The topological polar surface area (TPSA) is 65.8 Å². The van der Waals surface area contributed by atoms with Crippen LogP contribution in [0.25, 0.3) is 0 Å². The summed E-state index contributed by atoms with van der Waals surface area (Å²) in [7, 11) is 0. The summed E-state index contributed by atoms with van der Waals surface area (Å²) in [5, 5.41) is 9.38. The van der Waals surface area contributed by atoms with Crippen LogP contribution in [0.5, 0.6) is 0 Å². The van der Waals surface area contributed by atoms with E-state index in [1.54, 1.807) is 0 Å². The van der Waals surface area contributed by atoms with Gasteiger partial charge in [-0.05, 0) is 27.2 Å². The maximum absolute atomic E-state index is 12.2. The Balaban J connectivity index is 1.65. The standard InChI is InChI=1S/C14H21N3O3/c1-13(2,3)20-12(18)16-5-11-4-10(16)6-17(11)14(7-15)8-19-9-14/h10-11H,4-6,8-9H2,1-3H3. The zero-order chi connectivity index (χ0) is 14.5. The van der Waals surface area contributed by atoms with Crippen LogP contribution in [-0.4, -0.2) is 65.4 Å². The molecule has 3 aliphatic rings. The normalized spacial score (nSPS) is 31.8. The van der Waals surface area contributed by atoms with Crippen LogP contribution in [0.2, 0.25) is 0 Å². The molecule has 0 N–H and O–H groups in total. The number of rotatable bonds is 1. The fraction of sp³-hybridized carbons (Fsp3) is 0.857. The molecule has 3 aliphatic heterocycles. The first-order valence-electron chi connectivity index (χ1n) is 7.10. The quantitative estimate of drug-likeness (QED) is 0.715. The Labute approximate surface area is 119 Å². The van der Waals surface area contributed by atoms with E-state index in [2.05, 4.69) is 11.0 Å². The second kappa shape index (κ2) is 4.34. The van der Waals surface area contributed by atoms with Gasteiger partial charge in [0.1, 0.15) is 5.60 Å². The van der Waals surface area contributed by atoms with E-state index < -0.39 is 11.1 Å². The highest BCUT2D eigenvalue weighted by atomic mass is 16.6. The Hall–Kier alpha value is -1.32. The lowest BCUT2D eigenvalue weighted by Crippen LogP contribution is -2.66. The Morgan fingerprint density at radius 1 is 1.35 bits per heavy atom. The van der Waals surface area contributed by atoms with E-state index in [0.717, 1.165) is 13.0 Å². The first-order valence-corrected chi connectivity index (χ1v) is 7.10. The van der Waals surface area contributed by atoms with Gasteiger partial charge in [-0.2, -0.15) is 5.26 Å². The van der Waals surface area contributed by atoms with E-state index in [9.17, 15) is 10.1 Å². The number of likely N-dealkylation sites (tertiary alicyclic amines) is 2. The van der Waals surface area contributed by atoms with Gasteiger partial charge in [0, 0.05) is 25.2 Å². The number of carbonyl (C=O) groups excluding carboxylic acids is 1. The minimum atomic E-state index is -0.464. The molecule has 2 bridgehead atoms. The molecule has 3 rings (SSSR count). The highest BCUT2D eigenvalue weighted by Crippen LogP contribution is 2.39. The average molecular weight is 279 g/mol. The van der Waals surface area contributed by atoms with Gasteiger partial charge in [-0.15, -0.1) is 0 Å². The molecule has 3 saturated heterocycles. The molecule has 6 nitrogen and oxygen atoms in total. The summed E-state index contributed by atoms with van der Waals surface area (Å²) in [6.45, 7) is 8.01. The molecule has 0 aliphatic carbocycles. The van der Waals surface area contributed by atoms with Gasteiger partial charge >= 0.3 is 6.09 Å². The van der Waals surface area contributed by atoms with Crippen LogP contribution >= 0.6 is 0 Å². The summed E-state index contributed by atoms with van der Waals surface area (Å²) < 4.78 is 10.7. The van der Waals surface area contributed by atoms with Crippen LogP contribution in [0.3, 0.4) is 0 Å². The second-order valence-electron chi connectivity index (χ2n) is 6.96. The fourth-order valence-electron chi connectivity index (χ4n) is 3.33. The third-order valence-corrected chi connectivity index (χ3v) is 4.31. The molecule has 2 atom stereocenters. The fourth-order valence-corrected chi connectivity index (χ4v) is 3.33. The highest BCUT2D eigenvalue weighted by molar-refractivity contribution is 5.69. The number of nitrogens with zero attached hydrogens (tertiary/aromatic N) is 3. The summed E-state index contributed by atoms with van der Waals surface area (Å²) in [5.41, 5.74) is -0.923. The van der Waals surface area contributed by atoms with Crippen LogP contribution in [0.15, 0.2) is 0 Å². The first-order chi connectivity index (χ1) is 9.35. The maximum Gasteiger partial charge on any atom is 0.410 e. The van der Waals surface area contributed by atoms with E-state index in [4.69, 9.17) is 9.47 Å². The molecule has 6 heteroatoms. The van der Waals surface area contributed by atoms with Crippen molar-refractivity contribution in [2.24, 2.45) is 0 Å². The molecule has 1 amide bonds. The SMILES string of the molecule is CC(C)(C)OC(=O)N1CC2CC1CN2C1(C#N)COC1. The molecule has 0 aromatic heterocycles. The van der Waals surface area contributed by atoms with Gasteiger partial charge in [0.05, 0.1) is 19.3 Å². The predicted octanol–water partition coefficient (Wildman–Crippen LogP) is 0.973. The van der Waals surface area contributed by atoms with Crippen LogP contribution < -0.4 is 0 Å². The minimum absolute atomic E-state index is 0.167. The Morgan fingerprint density at radius 3 is 2.45 bits per heavy atom. The van der Waals surface area contributed by atoms with E-state index in [0.29, 0.717) is 19.8 Å². The number of amides is 1.